The van der Waals surface area contributed by atoms with Gasteiger partial charge in [-0.3, -0.25) is 9.89 Å². The van der Waals surface area contributed by atoms with Crippen LogP contribution in [0.2, 0.25) is 0 Å². The molecule has 0 bridgehead atoms. The van der Waals surface area contributed by atoms with Crippen molar-refractivity contribution in [2.24, 2.45) is 4.99 Å². The Morgan fingerprint density at radius 3 is 2.48 bits per heavy atom. The third-order valence-corrected chi connectivity index (χ3v) is 4.66. The van der Waals surface area contributed by atoms with E-state index in [1.807, 2.05) is 7.05 Å². The molecule has 136 valence electrons. The maximum absolute atomic E-state index is 4.35. The molecule has 0 saturated carbocycles. The van der Waals surface area contributed by atoms with Crippen LogP contribution in [-0.2, 0) is 0 Å². The smallest absolute Gasteiger partial charge is 0.191 e. The predicted octanol–water partition coefficient (Wildman–Crippen LogP) is 2.15. The fraction of sp³-hybridized carbons (Fsp3) is 0.944. The van der Waals surface area contributed by atoms with E-state index in [4.69, 9.17) is 0 Å². The summed E-state index contributed by atoms with van der Waals surface area (Å²) in [5.41, 5.74) is 0. The van der Waals surface area contributed by atoms with E-state index in [9.17, 15) is 0 Å². The van der Waals surface area contributed by atoms with Gasteiger partial charge in [0.05, 0.1) is 0 Å². The zero-order chi connectivity index (χ0) is 16.9. The van der Waals surface area contributed by atoms with E-state index >= 15 is 0 Å². The quantitative estimate of drug-likeness (QED) is 0.347. The second-order valence-corrected chi connectivity index (χ2v) is 6.50. The summed E-state index contributed by atoms with van der Waals surface area (Å²) in [6.45, 7) is 14.8. The van der Waals surface area contributed by atoms with Gasteiger partial charge in [0.15, 0.2) is 5.96 Å². The second kappa shape index (κ2) is 12.6. The molecule has 0 aliphatic carbocycles. The molecular weight excluding hydrogens is 286 g/mol. The number of likely N-dealkylation sites (N-methyl/N-ethyl adjacent to an activating group) is 1. The summed E-state index contributed by atoms with van der Waals surface area (Å²) in [4.78, 5) is 9.48. The van der Waals surface area contributed by atoms with Gasteiger partial charge >= 0.3 is 0 Å². The molecule has 5 nitrogen and oxygen atoms in total. The number of nitrogens with zero attached hydrogens (tertiary/aromatic N) is 3. The van der Waals surface area contributed by atoms with E-state index < -0.39 is 0 Å². The number of hydrogen-bond acceptors (Lipinski definition) is 3. The van der Waals surface area contributed by atoms with E-state index in [1.165, 1.54) is 58.3 Å². The first-order valence-corrected chi connectivity index (χ1v) is 9.66. The lowest BCUT2D eigenvalue weighted by Gasteiger charge is -2.24. The maximum Gasteiger partial charge on any atom is 0.191 e. The van der Waals surface area contributed by atoms with Crippen LogP contribution in [0, 0.1) is 0 Å². The largest absolute Gasteiger partial charge is 0.356 e. The average Bonchev–Trinajstić information content (AvgIpc) is 3.02. The van der Waals surface area contributed by atoms with E-state index in [2.05, 4.69) is 46.2 Å². The molecule has 1 fully saturated rings. The van der Waals surface area contributed by atoms with Crippen LogP contribution in [0.3, 0.4) is 0 Å². The number of hydrogen-bond donors (Lipinski definition) is 2. The van der Waals surface area contributed by atoms with Gasteiger partial charge in [-0.2, -0.15) is 0 Å². The lowest BCUT2D eigenvalue weighted by atomic mass is 10.2. The number of likely N-dealkylation sites (tertiary alicyclic amines) is 1. The zero-order valence-corrected chi connectivity index (χ0v) is 15.9. The third-order valence-electron chi connectivity index (χ3n) is 4.66. The van der Waals surface area contributed by atoms with Crippen LogP contribution in [0.1, 0.15) is 52.9 Å². The molecular formula is C18H39N5. The van der Waals surface area contributed by atoms with E-state index in [0.717, 1.165) is 25.6 Å². The van der Waals surface area contributed by atoms with Crippen molar-refractivity contribution in [3.8, 4) is 0 Å². The Morgan fingerprint density at radius 2 is 1.87 bits per heavy atom. The predicted molar refractivity (Wildman–Crippen MR) is 101 cm³/mol. The molecule has 0 aromatic carbocycles. The summed E-state index contributed by atoms with van der Waals surface area (Å²) in [5, 5.41) is 6.96. The van der Waals surface area contributed by atoms with E-state index in [0.29, 0.717) is 6.04 Å². The Balaban J connectivity index is 2.18. The molecule has 2 N–H and O–H groups in total. The van der Waals surface area contributed by atoms with Crippen molar-refractivity contribution in [2.75, 3.05) is 52.9 Å². The molecule has 1 aliphatic heterocycles. The molecule has 1 rings (SSSR count). The minimum atomic E-state index is 0.670. The van der Waals surface area contributed by atoms with Crippen LogP contribution < -0.4 is 10.6 Å². The van der Waals surface area contributed by atoms with Gasteiger partial charge in [0.2, 0.25) is 0 Å². The van der Waals surface area contributed by atoms with Crippen molar-refractivity contribution in [1.82, 2.24) is 20.4 Å². The Morgan fingerprint density at radius 1 is 1.13 bits per heavy atom. The Hall–Kier alpha value is -0.810. The van der Waals surface area contributed by atoms with Gasteiger partial charge < -0.3 is 15.5 Å². The van der Waals surface area contributed by atoms with Crippen LogP contribution in [-0.4, -0.2) is 74.7 Å². The Labute approximate surface area is 143 Å². The molecule has 0 aromatic rings. The van der Waals surface area contributed by atoms with Crippen LogP contribution in [0.25, 0.3) is 0 Å². The highest BCUT2D eigenvalue weighted by atomic mass is 15.2. The molecule has 0 aromatic heterocycles. The monoisotopic (exact) mass is 325 g/mol. The molecule has 1 atom stereocenters. The van der Waals surface area contributed by atoms with Crippen molar-refractivity contribution in [3.63, 3.8) is 0 Å². The van der Waals surface area contributed by atoms with Crippen molar-refractivity contribution < 1.29 is 0 Å². The minimum Gasteiger partial charge on any atom is -0.356 e. The van der Waals surface area contributed by atoms with Crippen molar-refractivity contribution in [3.05, 3.63) is 0 Å². The van der Waals surface area contributed by atoms with Gasteiger partial charge in [0, 0.05) is 26.2 Å². The molecule has 1 aliphatic rings. The second-order valence-electron chi connectivity index (χ2n) is 6.50. The minimum absolute atomic E-state index is 0.670. The Bertz CT molecular complexity index is 313. The fourth-order valence-electron chi connectivity index (χ4n) is 3.46. The first kappa shape index (κ1) is 20.2. The van der Waals surface area contributed by atoms with Gasteiger partial charge in [-0.15, -0.1) is 0 Å². The lowest BCUT2D eigenvalue weighted by molar-refractivity contribution is 0.266. The number of rotatable bonds is 11. The van der Waals surface area contributed by atoms with Gasteiger partial charge in [0.25, 0.3) is 0 Å². The molecule has 0 spiro atoms. The van der Waals surface area contributed by atoms with E-state index in [-0.39, 0.29) is 0 Å². The number of aliphatic imine (C=N–C) groups is 1. The van der Waals surface area contributed by atoms with Gasteiger partial charge in [-0.05, 0) is 64.8 Å². The summed E-state index contributed by atoms with van der Waals surface area (Å²) >= 11 is 0. The van der Waals surface area contributed by atoms with Crippen LogP contribution >= 0.6 is 0 Å². The lowest BCUT2D eigenvalue weighted by Crippen LogP contribution is -2.45. The third kappa shape index (κ3) is 8.02. The highest BCUT2D eigenvalue weighted by molar-refractivity contribution is 5.79. The molecule has 23 heavy (non-hydrogen) atoms. The summed E-state index contributed by atoms with van der Waals surface area (Å²) in [5.74, 6) is 0.950. The van der Waals surface area contributed by atoms with Gasteiger partial charge in [-0.25, -0.2) is 0 Å². The van der Waals surface area contributed by atoms with E-state index in [1.54, 1.807) is 0 Å². The first-order chi connectivity index (χ1) is 11.2. The van der Waals surface area contributed by atoms with Crippen LogP contribution in [0.4, 0.5) is 0 Å². The first-order valence-electron chi connectivity index (χ1n) is 9.66. The highest BCUT2D eigenvalue weighted by Gasteiger charge is 2.22. The standard InChI is InChI=1S/C18H39N5/c1-5-12-22(13-6-2)14-9-11-20-18(19-4)21-16-17-10-8-15-23(17)7-3/h17H,5-16H2,1-4H3,(H2,19,20,21). The molecule has 1 unspecified atom stereocenters. The molecule has 0 radical (unpaired) electrons. The zero-order valence-electron chi connectivity index (χ0n) is 15.9. The topological polar surface area (TPSA) is 42.9 Å². The molecule has 1 heterocycles. The highest BCUT2D eigenvalue weighted by Crippen LogP contribution is 2.15. The fourth-order valence-corrected chi connectivity index (χ4v) is 3.46. The molecule has 5 heteroatoms. The summed E-state index contributed by atoms with van der Waals surface area (Å²) < 4.78 is 0. The SMILES string of the molecule is CCCN(CCC)CCCNC(=NC)NCC1CCCN1CC. The summed E-state index contributed by atoms with van der Waals surface area (Å²) in [6, 6.07) is 0.670. The Kier molecular flexibility index (Phi) is 11.1. The van der Waals surface area contributed by atoms with Crippen LogP contribution in [0.15, 0.2) is 4.99 Å². The summed E-state index contributed by atoms with van der Waals surface area (Å²) in [7, 11) is 1.86. The number of guanidine groups is 1. The van der Waals surface area contributed by atoms with Crippen LogP contribution in [0.5, 0.6) is 0 Å². The average molecular weight is 326 g/mol. The normalized spacial score (nSPS) is 19.5. The molecule has 1 saturated heterocycles. The van der Waals surface area contributed by atoms with Crippen molar-refractivity contribution in [1.29, 1.82) is 0 Å². The maximum atomic E-state index is 4.35. The van der Waals surface area contributed by atoms with Gasteiger partial charge in [-0.1, -0.05) is 20.8 Å². The van der Waals surface area contributed by atoms with Crippen molar-refractivity contribution in [2.45, 2.75) is 58.9 Å². The van der Waals surface area contributed by atoms with Gasteiger partial charge in [0.1, 0.15) is 0 Å². The van der Waals surface area contributed by atoms with Crippen molar-refractivity contribution >= 4 is 5.96 Å². The number of nitrogens with one attached hydrogen (secondary N) is 2. The summed E-state index contributed by atoms with van der Waals surface area (Å²) in [6.07, 6.45) is 6.29. The molecule has 0 amide bonds.